The van der Waals surface area contributed by atoms with E-state index in [2.05, 4.69) is 44.6 Å². The number of aryl methyl sites for hydroxylation is 1. The van der Waals surface area contributed by atoms with Crippen molar-refractivity contribution < 1.29 is 0 Å². The van der Waals surface area contributed by atoms with Crippen LogP contribution in [0.5, 0.6) is 0 Å². The van der Waals surface area contributed by atoms with Gasteiger partial charge in [-0.2, -0.15) is 0 Å². The number of benzene rings is 1. The normalized spacial score (nSPS) is 11.0. The quantitative estimate of drug-likeness (QED) is 0.865. The van der Waals surface area contributed by atoms with Gasteiger partial charge in [0.15, 0.2) is 0 Å². The first kappa shape index (κ1) is 13.4. The Morgan fingerprint density at radius 1 is 1.39 bits per heavy atom. The van der Waals surface area contributed by atoms with Gasteiger partial charge >= 0.3 is 0 Å². The zero-order chi connectivity index (χ0) is 13.3. The minimum atomic E-state index is 0.350. The summed E-state index contributed by atoms with van der Waals surface area (Å²) in [6.45, 7) is 6.22. The van der Waals surface area contributed by atoms with E-state index < -0.39 is 0 Å². The molecule has 0 amide bonds. The molecule has 2 rings (SSSR count). The molecule has 1 aromatic carbocycles. The van der Waals surface area contributed by atoms with Gasteiger partial charge in [0.25, 0.3) is 0 Å². The second-order valence-electron chi connectivity index (χ2n) is 4.46. The van der Waals surface area contributed by atoms with Crippen molar-refractivity contribution in [1.82, 2.24) is 9.55 Å². The van der Waals surface area contributed by atoms with E-state index in [0.29, 0.717) is 11.1 Å². The van der Waals surface area contributed by atoms with Gasteiger partial charge in [-0.25, -0.2) is 4.98 Å². The summed E-state index contributed by atoms with van der Waals surface area (Å²) in [6, 6.07) is 6.09. The summed E-state index contributed by atoms with van der Waals surface area (Å²) in [5, 5.41) is 3.94. The highest BCUT2D eigenvalue weighted by Gasteiger charge is 2.10. The van der Waals surface area contributed by atoms with E-state index >= 15 is 0 Å². The Labute approximate surface area is 120 Å². The van der Waals surface area contributed by atoms with Crippen LogP contribution in [0.25, 0.3) is 0 Å². The SMILES string of the molecule is Cc1cn(C(C)C)c(Nc2ccc(Br)cc2Cl)n1. The molecular weight excluding hydrogens is 314 g/mol. The molecule has 0 fully saturated rings. The lowest BCUT2D eigenvalue weighted by molar-refractivity contribution is 0.607. The monoisotopic (exact) mass is 327 g/mol. The first-order chi connectivity index (χ1) is 8.47. The predicted molar refractivity (Wildman–Crippen MR) is 79.8 cm³/mol. The van der Waals surface area contributed by atoms with Crippen LogP contribution in [0.3, 0.4) is 0 Å². The molecule has 0 unspecified atom stereocenters. The van der Waals surface area contributed by atoms with E-state index in [1.807, 2.05) is 31.3 Å². The molecule has 2 aromatic rings. The number of hydrogen-bond donors (Lipinski definition) is 1. The fourth-order valence-corrected chi connectivity index (χ4v) is 2.43. The standard InChI is InChI=1S/C13H15BrClN3/c1-8(2)18-7-9(3)16-13(18)17-12-5-4-10(14)6-11(12)15/h4-8H,1-3H3,(H,16,17). The van der Waals surface area contributed by atoms with Crippen LogP contribution in [-0.2, 0) is 0 Å². The summed E-state index contributed by atoms with van der Waals surface area (Å²) in [7, 11) is 0. The van der Waals surface area contributed by atoms with Gasteiger partial charge in [-0.15, -0.1) is 0 Å². The van der Waals surface area contributed by atoms with E-state index in [-0.39, 0.29) is 0 Å². The highest BCUT2D eigenvalue weighted by molar-refractivity contribution is 9.10. The van der Waals surface area contributed by atoms with Crippen LogP contribution in [0.15, 0.2) is 28.9 Å². The summed E-state index contributed by atoms with van der Waals surface area (Å²) in [5.74, 6) is 0.812. The van der Waals surface area contributed by atoms with Gasteiger partial charge in [0.1, 0.15) is 0 Å². The molecule has 18 heavy (non-hydrogen) atoms. The first-order valence-electron chi connectivity index (χ1n) is 5.75. The Bertz CT molecular complexity index is 563. The second kappa shape index (κ2) is 5.33. The molecule has 0 radical (unpaired) electrons. The smallest absolute Gasteiger partial charge is 0.207 e. The number of aromatic nitrogens is 2. The molecule has 3 nitrogen and oxygen atoms in total. The number of hydrogen-bond acceptors (Lipinski definition) is 2. The third-order valence-corrected chi connectivity index (χ3v) is 3.39. The van der Waals surface area contributed by atoms with Crippen molar-refractivity contribution >= 4 is 39.2 Å². The molecule has 0 bridgehead atoms. The maximum absolute atomic E-state index is 6.19. The van der Waals surface area contributed by atoms with E-state index in [9.17, 15) is 0 Å². The molecular formula is C13H15BrClN3. The summed E-state index contributed by atoms with van der Waals surface area (Å²) < 4.78 is 3.05. The Morgan fingerprint density at radius 2 is 2.11 bits per heavy atom. The van der Waals surface area contributed by atoms with Crippen molar-refractivity contribution in [3.8, 4) is 0 Å². The van der Waals surface area contributed by atoms with Crippen LogP contribution < -0.4 is 5.32 Å². The summed E-state index contributed by atoms with van der Waals surface area (Å²) in [5.41, 5.74) is 1.84. The van der Waals surface area contributed by atoms with E-state index in [0.717, 1.165) is 21.8 Å². The van der Waals surface area contributed by atoms with Crippen LogP contribution in [0.1, 0.15) is 25.6 Å². The molecule has 1 N–H and O–H groups in total. The molecule has 0 saturated heterocycles. The Kier molecular flexibility index (Phi) is 3.97. The van der Waals surface area contributed by atoms with Crippen molar-refractivity contribution in [3.63, 3.8) is 0 Å². The topological polar surface area (TPSA) is 29.9 Å². The molecule has 0 atom stereocenters. The fourth-order valence-electron chi connectivity index (χ4n) is 1.71. The average Bonchev–Trinajstić information content (AvgIpc) is 2.64. The summed E-state index contributed by atoms with van der Waals surface area (Å²) >= 11 is 9.58. The molecule has 0 spiro atoms. The third-order valence-electron chi connectivity index (χ3n) is 2.59. The number of imidazole rings is 1. The highest BCUT2D eigenvalue weighted by atomic mass is 79.9. The van der Waals surface area contributed by atoms with Gasteiger partial charge in [-0.3, -0.25) is 0 Å². The van der Waals surface area contributed by atoms with Crippen LogP contribution in [0, 0.1) is 6.92 Å². The lowest BCUT2D eigenvalue weighted by Gasteiger charge is -2.13. The average molecular weight is 329 g/mol. The molecule has 1 heterocycles. The molecule has 0 aliphatic heterocycles. The van der Waals surface area contributed by atoms with Crippen molar-refractivity contribution in [2.24, 2.45) is 0 Å². The van der Waals surface area contributed by atoms with Crippen LogP contribution >= 0.6 is 27.5 Å². The van der Waals surface area contributed by atoms with Gasteiger partial charge in [0, 0.05) is 16.7 Å². The molecule has 0 aliphatic carbocycles. The van der Waals surface area contributed by atoms with Gasteiger partial charge in [0.2, 0.25) is 5.95 Å². The van der Waals surface area contributed by atoms with Crippen molar-refractivity contribution in [2.45, 2.75) is 26.8 Å². The fraction of sp³-hybridized carbons (Fsp3) is 0.308. The Hall–Kier alpha value is -1.00. The predicted octanol–water partition coefficient (Wildman–Crippen LogP) is 4.93. The molecule has 1 aromatic heterocycles. The second-order valence-corrected chi connectivity index (χ2v) is 5.78. The molecule has 96 valence electrons. The van der Waals surface area contributed by atoms with E-state index in [4.69, 9.17) is 11.6 Å². The Morgan fingerprint density at radius 3 is 2.72 bits per heavy atom. The maximum Gasteiger partial charge on any atom is 0.207 e. The van der Waals surface area contributed by atoms with Gasteiger partial charge < -0.3 is 9.88 Å². The van der Waals surface area contributed by atoms with Crippen molar-refractivity contribution in [3.05, 3.63) is 39.6 Å². The van der Waals surface area contributed by atoms with Crippen molar-refractivity contribution in [2.75, 3.05) is 5.32 Å². The molecule has 0 saturated carbocycles. The van der Waals surface area contributed by atoms with Crippen molar-refractivity contribution in [1.29, 1.82) is 0 Å². The summed E-state index contributed by atoms with van der Waals surface area (Å²) in [4.78, 5) is 4.47. The van der Waals surface area contributed by atoms with Gasteiger partial charge in [0.05, 0.1) is 16.4 Å². The van der Waals surface area contributed by atoms with Crippen LogP contribution in [0.4, 0.5) is 11.6 Å². The largest absolute Gasteiger partial charge is 0.324 e. The molecule has 0 aliphatic rings. The summed E-state index contributed by atoms with van der Waals surface area (Å²) in [6.07, 6.45) is 2.03. The number of halogens is 2. The van der Waals surface area contributed by atoms with Crippen LogP contribution in [0.2, 0.25) is 5.02 Å². The number of nitrogens with one attached hydrogen (secondary N) is 1. The van der Waals surface area contributed by atoms with Gasteiger partial charge in [-0.05, 0) is 39.0 Å². The lowest BCUT2D eigenvalue weighted by Crippen LogP contribution is -2.05. The van der Waals surface area contributed by atoms with Gasteiger partial charge in [-0.1, -0.05) is 27.5 Å². The zero-order valence-electron chi connectivity index (χ0n) is 10.5. The molecule has 5 heteroatoms. The minimum absolute atomic E-state index is 0.350. The lowest BCUT2D eigenvalue weighted by atomic mass is 10.3. The zero-order valence-corrected chi connectivity index (χ0v) is 12.9. The number of anilines is 2. The third kappa shape index (κ3) is 2.87. The highest BCUT2D eigenvalue weighted by Crippen LogP contribution is 2.29. The van der Waals surface area contributed by atoms with E-state index in [1.165, 1.54) is 0 Å². The van der Waals surface area contributed by atoms with Crippen LogP contribution in [-0.4, -0.2) is 9.55 Å². The minimum Gasteiger partial charge on any atom is -0.324 e. The number of rotatable bonds is 3. The maximum atomic E-state index is 6.19. The first-order valence-corrected chi connectivity index (χ1v) is 6.92. The number of nitrogens with zero attached hydrogens (tertiary/aromatic N) is 2. The van der Waals surface area contributed by atoms with E-state index in [1.54, 1.807) is 0 Å². The Balaban J connectivity index is 2.33.